The summed E-state index contributed by atoms with van der Waals surface area (Å²) >= 11 is 0. The van der Waals surface area contributed by atoms with Crippen molar-refractivity contribution in [1.29, 1.82) is 0 Å². The van der Waals surface area contributed by atoms with Crippen molar-refractivity contribution in [3.05, 3.63) is 29.8 Å². The Morgan fingerprint density at radius 3 is 2.53 bits per heavy atom. The van der Waals surface area contributed by atoms with Gasteiger partial charge >= 0.3 is 6.09 Å². The summed E-state index contributed by atoms with van der Waals surface area (Å²) in [6.07, 6.45) is -0.395. The Kier molecular flexibility index (Phi) is 6.74. The summed E-state index contributed by atoms with van der Waals surface area (Å²) in [5.74, 6) is 0.835. The fourth-order valence-corrected chi connectivity index (χ4v) is 1.41. The molecule has 0 heterocycles. The van der Waals surface area contributed by atoms with E-state index in [0.29, 0.717) is 19.8 Å². The number of hydrogen-bond donors (Lipinski definition) is 1. The molecular weight excluding hydrogens is 244 g/mol. The van der Waals surface area contributed by atoms with E-state index in [1.54, 1.807) is 6.92 Å². The van der Waals surface area contributed by atoms with Crippen LogP contribution in [0, 0.1) is 0 Å². The van der Waals surface area contributed by atoms with Gasteiger partial charge in [-0.2, -0.15) is 0 Å². The molecule has 0 aliphatic rings. The van der Waals surface area contributed by atoms with Gasteiger partial charge in [-0.1, -0.05) is 12.1 Å². The SMILES string of the molecule is CCOC(=O)NCc1ccc(OCCN(C)C)cc1. The number of benzene rings is 1. The summed E-state index contributed by atoms with van der Waals surface area (Å²) in [6, 6.07) is 7.66. The molecule has 106 valence electrons. The first-order valence-electron chi connectivity index (χ1n) is 6.39. The fourth-order valence-electron chi connectivity index (χ4n) is 1.41. The van der Waals surface area contributed by atoms with Gasteiger partial charge in [-0.25, -0.2) is 4.79 Å². The van der Waals surface area contributed by atoms with Crippen LogP contribution in [0.3, 0.4) is 0 Å². The van der Waals surface area contributed by atoms with Crippen molar-refractivity contribution in [2.45, 2.75) is 13.5 Å². The highest BCUT2D eigenvalue weighted by Crippen LogP contribution is 2.12. The molecule has 0 aliphatic carbocycles. The summed E-state index contributed by atoms with van der Waals surface area (Å²) < 4.78 is 10.4. The molecule has 5 heteroatoms. The molecule has 1 rings (SSSR count). The second-order valence-electron chi connectivity index (χ2n) is 4.37. The van der Waals surface area contributed by atoms with Crippen molar-refractivity contribution in [3.8, 4) is 5.75 Å². The average Bonchev–Trinajstić information content (AvgIpc) is 2.38. The molecule has 0 fully saturated rings. The Balaban J connectivity index is 2.33. The maximum atomic E-state index is 11.1. The minimum absolute atomic E-state index is 0.379. The first-order chi connectivity index (χ1) is 9.11. The molecule has 0 saturated carbocycles. The number of alkyl carbamates (subject to hydrolysis) is 1. The van der Waals surface area contributed by atoms with E-state index in [4.69, 9.17) is 9.47 Å². The zero-order valence-electron chi connectivity index (χ0n) is 11.8. The number of rotatable bonds is 7. The van der Waals surface area contributed by atoms with E-state index in [1.165, 1.54) is 0 Å². The summed E-state index contributed by atoms with van der Waals surface area (Å²) in [6.45, 7) is 4.15. The monoisotopic (exact) mass is 266 g/mol. The zero-order valence-corrected chi connectivity index (χ0v) is 11.8. The lowest BCUT2D eigenvalue weighted by atomic mass is 10.2. The van der Waals surface area contributed by atoms with Crippen molar-refractivity contribution in [2.24, 2.45) is 0 Å². The van der Waals surface area contributed by atoms with Crippen LogP contribution in [0.1, 0.15) is 12.5 Å². The molecule has 1 aromatic rings. The predicted octanol–water partition coefficient (Wildman–Crippen LogP) is 1.87. The van der Waals surface area contributed by atoms with Crippen LogP contribution in [0.4, 0.5) is 4.79 Å². The van der Waals surface area contributed by atoms with E-state index in [2.05, 4.69) is 10.2 Å². The van der Waals surface area contributed by atoms with E-state index in [9.17, 15) is 4.79 Å². The maximum Gasteiger partial charge on any atom is 0.407 e. The number of carbonyl (C=O) groups excluding carboxylic acids is 1. The zero-order chi connectivity index (χ0) is 14.1. The van der Waals surface area contributed by atoms with Crippen LogP contribution in [0.15, 0.2) is 24.3 Å². The van der Waals surface area contributed by atoms with Crippen molar-refractivity contribution < 1.29 is 14.3 Å². The topological polar surface area (TPSA) is 50.8 Å². The maximum absolute atomic E-state index is 11.1. The van der Waals surface area contributed by atoms with Gasteiger partial charge in [0.05, 0.1) is 6.61 Å². The molecule has 1 amide bonds. The van der Waals surface area contributed by atoms with E-state index in [-0.39, 0.29) is 0 Å². The molecule has 0 spiro atoms. The lowest BCUT2D eigenvalue weighted by molar-refractivity contribution is 0.151. The van der Waals surface area contributed by atoms with Crippen molar-refractivity contribution in [2.75, 3.05) is 33.9 Å². The third-order valence-electron chi connectivity index (χ3n) is 2.44. The number of nitrogens with zero attached hydrogens (tertiary/aromatic N) is 1. The van der Waals surface area contributed by atoms with Gasteiger partial charge in [0.2, 0.25) is 0 Å². The number of nitrogens with one attached hydrogen (secondary N) is 1. The van der Waals surface area contributed by atoms with Crippen LogP contribution in [0.5, 0.6) is 5.75 Å². The van der Waals surface area contributed by atoms with Gasteiger partial charge in [0.25, 0.3) is 0 Å². The molecule has 0 radical (unpaired) electrons. The molecule has 0 bridgehead atoms. The van der Waals surface area contributed by atoms with Crippen LogP contribution in [-0.4, -0.2) is 44.8 Å². The summed E-state index contributed by atoms with van der Waals surface area (Å²) in [5.41, 5.74) is 1.01. The first kappa shape index (κ1) is 15.3. The summed E-state index contributed by atoms with van der Waals surface area (Å²) in [5, 5.41) is 2.67. The molecular formula is C14H22N2O3. The van der Waals surface area contributed by atoms with Gasteiger partial charge in [0, 0.05) is 13.1 Å². The van der Waals surface area contributed by atoms with Gasteiger partial charge in [0.1, 0.15) is 12.4 Å². The van der Waals surface area contributed by atoms with Gasteiger partial charge in [-0.05, 0) is 38.7 Å². The lowest BCUT2D eigenvalue weighted by Crippen LogP contribution is -2.23. The number of ether oxygens (including phenoxy) is 2. The third kappa shape index (κ3) is 6.67. The molecule has 0 aliphatic heterocycles. The molecule has 0 aromatic heterocycles. The smallest absolute Gasteiger partial charge is 0.407 e. The predicted molar refractivity (Wildman–Crippen MR) is 74.4 cm³/mol. The molecule has 19 heavy (non-hydrogen) atoms. The number of amides is 1. The Labute approximate surface area is 114 Å². The van der Waals surface area contributed by atoms with E-state index >= 15 is 0 Å². The second kappa shape index (κ2) is 8.37. The van der Waals surface area contributed by atoms with Crippen LogP contribution in [-0.2, 0) is 11.3 Å². The standard InChI is InChI=1S/C14H22N2O3/c1-4-18-14(17)15-11-12-5-7-13(8-6-12)19-10-9-16(2)3/h5-8H,4,9-11H2,1-3H3,(H,15,17). The molecule has 0 unspecified atom stereocenters. The quantitative estimate of drug-likeness (QED) is 0.818. The van der Waals surface area contributed by atoms with Gasteiger partial charge < -0.3 is 19.7 Å². The highest BCUT2D eigenvalue weighted by molar-refractivity contribution is 5.67. The average molecular weight is 266 g/mol. The van der Waals surface area contributed by atoms with Crippen molar-refractivity contribution in [1.82, 2.24) is 10.2 Å². The minimum atomic E-state index is -0.395. The Morgan fingerprint density at radius 2 is 1.95 bits per heavy atom. The summed E-state index contributed by atoms with van der Waals surface area (Å²) in [7, 11) is 4.01. The number of likely N-dealkylation sites (N-methyl/N-ethyl adjacent to an activating group) is 1. The molecule has 5 nitrogen and oxygen atoms in total. The van der Waals surface area contributed by atoms with Crippen LogP contribution >= 0.6 is 0 Å². The normalized spacial score (nSPS) is 10.3. The Hall–Kier alpha value is -1.75. The largest absolute Gasteiger partial charge is 0.492 e. The van der Waals surface area contributed by atoms with Crippen molar-refractivity contribution in [3.63, 3.8) is 0 Å². The van der Waals surface area contributed by atoms with Gasteiger partial charge in [-0.3, -0.25) is 0 Å². The second-order valence-corrected chi connectivity index (χ2v) is 4.37. The van der Waals surface area contributed by atoms with E-state index < -0.39 is 6.09 Å². The summed E-state index contributed by atoms with van der Waals surface area (Å²) in [4.78, 5) is 13.2. The van der Waals surface area contributed by atoms with Crippen molar-refractivity contribution >= 4 is 6.09 Å². The van der Waals surface area contributed by atoms with E-state index in [0.717, 1.165) is 17.9 Å². The van der Waals surface area contributed by atoms with E-state index in [1.807, 2.05) is 38.4 Å². The fraction of sp³-hybridized carbons (Fsp3) is 0.500. The van der Waals surface area contributed by atoms with Gasteiger partial charge in [0.15, 0.2) is 0 Å². The molecule has 0 saturated heterocycles. The minimum Gasteiger partial charge on any atom is -0.492 e. The van der Waals surface area contributed by atoms with Gasteiger partial charge in [-0.15, -0.1) is 0 Å². The van der Waals surface area contributed by atoms with Crippen LogP contribution in [0.2, 0.25) is 0 Å². The highest BCUT2D eigenvalue weighted by atomic mass is 16.5. The number of hydrogen-bond acceptors (Lipinski definition) is 4. The van der Waals surface area contributed by atoms with Crippen LogP contribution < -0.4 is 10.1 Å². The number of carbonyl (C=O) groups is 1. The van der Waals surface area contributed by atoms with Crippen LogP contribution in [0.25, 0.3) is 0 Å². The molecule has 1 aromatic carbocycles. The third-order valence-corrected chi connectivity index (χ3v) is 2.44. The first-order valence-corrected chi connectivity index (χ1v) is 6.39. The molecule has 1 N–H and O–H groups in total. The lowest BCUT2D eigenvalue weighted by Gasteiger charge is -2.11. The Bertz CT molecular complexity index is 377. The molecule has 0 atom stereocenters. The Morgan fingerprint density at radius 1 is 1.26 bits per heavy atom. The highest BCUT2D eigenvalue weighted by Gasteiger charge is 2.01.